The zero-order valence-corrected chi connectivity index (χ0v) is 7.68. The van der Waals surface area contributed by atoms with Gasteiger partial charge < -0.3 is 5.11 Å². The normalized spacial score (nSPS) is 9.50. The maximum atomic E-state index is 13.0. The lowest BCUT2D eigenvalue weighted by atomic mass is 10.1. The Morgan fingerprint density at radius 1 is 1.64 bits per heavy atom. The first-order valence-corrected chi connectivity index (χ1v) is 4.02. The lowest BCUT2D eigenvalue weighted by Gasteiger charge is -2.01. The van der Waals surface area contributed by atoms with Gasteiger partial charge in [-0.2, -0.15) is 5.26 Å². The van der Waals surface area contributed by atoms with E-state index in [0.29, 0.717) is 0 Å². The number of nitriles is 1. The highest BCUT2D eigenvalue weighted by atomic mass is 35.5. The molecular weight excluding hydrogens is 209 g/mol. The van der Waals surface area contributed by atoms with E-state index in [9.17, 15) is 9.18 Å². The first-order chi connectivity index (χ1) is 6.54. The first-order valence-electron chi connectivity index (χ1n) is 3.64. The van der Waals surface area contributed by atoms with E-state index in [1.165, 1.54) is 6.07 Å². The minimum atomic E-state index is -1.09. The molecule has 0 atom stereocenters. The van der Waals surface area contributed by atoms with Gasteiger partial charge >= 0.3 is 5.97 Å². The van der Waals surface area contributed by atoms with E-state index >= 15 is 0 Å². The molecule has 0 radical (unpaired) electrons. The third-order valence-corrected chi connectivity index (χ3v) is 1.95. The molecule has 0 unspecified atom stereocenters. The summed E-state index contributed by atoms with van der Waals surface area (Å²) in [6.45, 7) is 0. The van der Waals surface area contributed by atoms with Gasteiger partial charge in [-0.25, -0.2) is 4.39 Å². The maximum absolute atomic E-state index is 13.0. The number of hydrogen-bond acceptors (Lipinski definition) is 2. The van der Waals surface area contributed by atoms with Gasteiger partial charge in [0.2, 0.25) is 0 Å². The fourth-order valence-corrected chi connectivity index (χ4v) is 1.15. The average Bonchev–Trinajstić information content (AvgIpc) is 2.10. The third-order valence-electron chi connectivity index (χ3n) is 1.56. The Kier molecular flexibility index (Phi) is 3.05. The molecule has 0 aliphatic carbocycles. The Hall–Kier alpha value is -1.60. The number of halogens is 2. The largest absolute Gasteiger partial charge is 0.481 e. The number of benzene rings is 1. The Labute approximate surface area is 84.3 Å². The average molecular weight is 214 g/mol. The molecule has 72 valence electrons. The standard InChI is InChI=1S/C9H5ClFNO2/c10-9-6(4-12)1-5(2-7(9)11)3-8(13)14/h1-2H,3H2,(H,13,14). The van der Waals surface area contributed by atoms with Crippen molar-refractivity contribution in [1.82, 2.24) is 0 Å². The number of aliphatic carboxylic acids is 1. The van der Waals surface area contributed by atoms with Crippen LogP contribution in [0.5, 0.6) is 0 Å². The molecule has 0 fully saturated rings. The van der Waals surface area contributed by atoms with Gasteiger partial charge in [-0.1, -0.05) is 11.6 Å². The lowest BCUT2D eigenvalue weighted by molar-refractivity contribution is -0.136. The zero-order chi connectivity index (χ0) is 10.7. The molecule has 0 aliphatic heterocycles. The van der Waals surface area contributed by atoms with Gasteiger partial charge in [0, 0.05) is 0 Å². The van der Waals surface area contributed by atoms with Crippen molar-refractivity contribution < 1.29 is 14.3 Å². The summed E-state index contributed by atoms with van der Waals surface area (Å²) in [5, 5.41) is 16.7. The van der Waals surface area contributed by atoms with Crippen LogP contribution in [0.25, 0.3) is 0 Å². The van der Waals surface area contributed by atoms with Crippen LogP contribution in [0.15, 0.2) is 12.1 Å². The Morgan fingerprint density at radius 2 is 2.29 bits per heavy atom. The summed E-state index contributed by atoms with van der Waals surface area (Å²) in [7, 11) is 0. The Balaban J connectivity index is 3.18. The predicted octanol–water partition coefficient (Wildman–Crippen LogP) is 1.98. The van der Waals surface area contributed by atoms with Crippen LogP contribution in [0.4, 0.5) is 4.39 Å². The molecule has 1 aromatic carbocycles. The van der Waals surface area contributed by atoms with Gasteiger partial charge in [0.15, 0.2) is 0 Å². The molecule has 3 nitrogen and oxygen atoms in total. The quantitative estimate of drug-likeness (QED) is 0.817. The van der Waals surface area contributed by atoms with Gasteiger partial charge in [-0.15, -0.1) is 0 Å². The van der Waals surface area contributed by atoms with Crippen LogP contribution in [0.2, 0.25) is 5.02 Å². The fraction of sp³-hybridized carbons (Fsp3) is 0.111. The van der Waals surface area contributed by atoms with Crippen LogP contribution in [-0.4, -0.2) is 11.1 Å². The topological polar surface area (TPSA) is 61.1 Å². The molecular formula is C9H5ClFNO2. The molecule has 14 heavy (non-hydrogen) atoms. The smallest absolute Gasteiger partial charge is 0.307 e. The van der Waals surface area contributed by atoms with E-state index in [1.54, 1.807) is 6.07 Å². The van der Waals surface area contributed by atoms with Gasteiger partial charge in [-0.3, -0.25) is 4.79 Å². The molecule has 0 amide bonds. The Morgan fingerprint density at radius 3 is 2.79 bits per heavy atom. The molecule has 0 saturated heterocycles. The lowest BCUT2D eigenvalue weighted by Crippen LogP contribution is -2.01. The second-order valence-corrected chi connectivity index (χ2v) is 3.00. The van der Waals surface area contributed by atoms with Crippen molar-refractivity contribution >= 4 is 17.6 Å². The number of carbonyl (C=O) groups is 1. The molecule has 5 heteroatoms. The maximum Gasteiger partial charge on any atom is 0.307 e. The van der Waals surface area contributed by atoms with Crippen molar-refractivity contribution in [2.24, 2.45) is 0 Å². The highest BCUT2D eigenvalue weighted by molar-refractivity contribution is 6.31. The summed E-state index contributed by atoms with van der Waals surface area (Å²) in [6, 6.07) is 3.96. The highest BCUT2D eigenvalue weighted by Crippen LogP contribution is 2.21. The van der Waals surface area contributed by atoms with E-state index in [0.717, 1.165) is 6.07 Å². The van der Waals surface area contributed by atoms with E-state index in [-0.39, 0.29) is 22.6 Å². The summed E-state index contributed by atoms with van der Waals surface area (Å²) in [6.07, 6.45) is -0.331. The van der Waals surface area contributed by atoms with Crippen molar-refractivity contribution in [2.45, 2.75) is 6.42 Å². The summed E-state index contributed by atoms with van der Waals surface area (Å²) in [5.41, 5.74) is 0.166. The SMILES string of the molecule is N#Cc1cc(CC(=O)O)cc(F)c1Cl. The fourth-order valence-electron chi connectivity index (χ4n) is 1.00. The number of rotatable bonds is 2. The minimum absolute atomic E-state index is 0.0529. The Bertz CT molecular complexity index is 426. The van der Waals surface area contributed by atoms with E-state index in [2.05, 4.69) is 0 Å². The zero-order valence-electron chi connectivity index (χ0n) is 6.92. The summed E-state index contributed by atoms with van der Waals surface area (Å²) < 4.78 is 13.0. The minimum Gasteiger partial charge on any atom is -0.481 e. The monoisotopic (exact) mass is 213 g/mol. The van der Waals surface area contributed by atoms with E-state index in [4.69, 9.17) is 22.0 Å². The van der Waals surface area contributed by atoms with Crippen molar-refractivity contribution in [2.75, 3.05) is 0 Å². The summed E-state index contributed by atoms with van der Waals surface area (Å²) in [4.78, 5) is 10.3. The van der Waals surface area contributed by atoms with Crippen molar-refractivity contribution in [1.29, 1.82) is 5.26 Å². The molecule has 1 N–H and O–H groups in total. The second kappa shape index (κ2) is 4.07. The number of carboxylic acids is 1. The molecule has 1 rings (SSSR count). The predicted molar refractivity (Wildman–Crippen MR) is 47.5 cm³/mol. The summed E-state index contributed by atoms with van der Waals surface area (Å²) >= 11 is 5.46. The van der Waals surface area contributed by atoms with Crippen LogP contribution in [-0.2, 0) is 11.2 Å². The molecule has 0 saturated carbocycles. The van der Waals surface area contributed by atoms with Gasteiger partial charge in [0.05, 0.1) is 17.0 Å². The van der Waals surface area contributed by atoms with Crippen LogP contribution in [0.3, 0.4) is 0 Å². The van der Waals surface area contributed by atoms with Crippen molar-refractivity contribution in [3.05, 3.63) is 34.1 Å². The van der Waals surface area contributed by atoms with Crippen LogP contribution < -0.4 is 0 Å². The van der Waals surface area contributed by atoms with Crippen LogP contribution >= 0.6 is 11.6 Å². The first kappa shape index (κ1) is 10.5. The van der Waals surface area contributed by atoms with Gasteiger partial charge in [-0.05, 0) is 17.7 Å². The summed E-state index contributed by atoms with van der Waals surface area (Å²) in [5.74, 6) is -1.86. The van der Waals surface area contributed by atoms with Crippen molar-refractivity contribution in [3.8, 4) is 6.07 Å². The second-order valence-electron chi connectivity index (χ2n) is 2.62. The van der Waals surface area contributed by atoms with Gasteiger partial charge in [0.25, 0.3) is 0 Å². The van der Waals surface area contributed by atoms with Crippen LogP contribution in [0.1, 0.15) is 11.1 Å². The van der Waals surface area contributed by atoms with E-state index in [1.807, 2.05) is 0 Å². The highest BCUT2D eigenvalue weighted by Gasteiger charge is 2.10. The molecule has 0 aromatic heterocycles. The van der Waals surface area contributed by atoms with Crippen molar-refractivity contribution in [3.63, 3.8) is 0 Å². The molecule has 0 aliphatic rings. The third kappa shape index (κ3) is 2.21. The number of hydrogen-bond donors (Lipinski definition) is 1. The molecule has 0 bridgehead atoms. The number of carboxylic acid groups (broad SMARTS) is 1. The van der Waals surface area contributed by atoms with Gasteiger partial charge in [0.1, 0.15) is 11.9 Å². The number of nitrogens with zero attached hydrogens (tertiary/aromatic N) is 1. The molecule has 1 aromatic rings. The van der Waals surface area contributed by atoms with Crippen LogP contribution in [0, 0.1) is 17.1 Å². The molecule has 0 spiro atoms. The van der Waals surface area contributed by atoms with E-state index < -0.39 is 11.8 Å². The molecule has 0 heterocycles.